The van der Waals surface area contributed by atoms with Gasteiger partial charge < -0.3 is 5.32 Å². The van der Waals surface area contributed by atoms with Gasteiger partial charge in [0.15, 0.2) is 0 Å². The Kier molecular flexibility index (Phi) is 5.22. The molecule has 1 aromatic carbocycles. The number of carbonyl (C=O) groups is 1. The Balaban J connectivity index is 1.41. The molecule has 4 rings (SSSR count). The third-order valence-electron chi connectivity index (χ3n) is 4.76. The van der Waals surface area contributed by atoms with E-state index in [1.165, 1.54) is 16.9 Å². The van der Waals surface area contributed by atoms with Crippen LogP contribution in [-0.2, 0) is 6.54 Å². The number of carbonyl (C=O) groups excluding carboxylic acids is 1. The number of hydrogen-bond donors (Lipinski definition) is 1. The third-order valence-corrected chi connectivity index (χ3v) is 5.67. The zero-order valence-corrected chi connectivity index (χ0v) is 15.9. The second kappa shape index (κ2) is 7.94. The van der Waals surface area contributed by atoms with E-state index in [1.54, 1.807) is 0 Å². The van der Waals surface area contributed by atoms with E-state index in [0.717, 1.165) is 35.6 Å². The normalized spacial score (nSPS) is 17.1. The van der Waals surface area contributed by atoms with Gasteiger partial charge in [-0.3, -0.25) is 14.7 Å². The first-order valence-corrected chi connectivity index (χ1v) is 9.85. The smallest absolute Gasteiger partial charge is 0.286 e. The molecule has 1 aliphatic rings. The minimum atomic E-state index is -0.213. The van der Waals surface area contributed by atoms with Crippen molar-refractivity contribution in [2.45, 2.75) is 32.4 Å². The van der Waals surface area contributed by atoms with Crippen molar-refractivity contribution in [3.05, 3.63) is 69.9 Å². The summed E-state index contributed by atoms with van der Waals surface area (Å²) in [7, 11) is 0. The molecule has 1 saturated heterocycles. The van der Waals surface area contributed by atoms with Gasteiger partial charge >= 0.3 is 0 Å². The van der Waals surface area contributed by atoms with Gasteiger partial charge in [0.25, 0.3) is 5.91 Å². The second-order valence-electron chi connectivity index (χ2n) is 6.73. The molecule has 1 fully saturated rings. The molecule has 7 heteroatoms. The number of rotatable bonds is 5. The maximum atomic E-state index is 12.4. The lowest BCUT2D eigenvalue weighted by Crippen LogP contribution is -2.22. The number of pyridine rings is 1. The Morgan fingerprint density at radius 3 is 2.74 bits per heavy atom. The number of likely N-dealkylation sites (tertiary alicyclic amines) is 1. The van der Waals surface area contributed by atoms with E-state index < -0.39 is 0 Å². The van der Waals surface area contributed by atoms with Crippen molar-refractivity contribution in [1.29, 1.82) is 0 Å². The number of hydrogen-bond acceptors (Lipinski definition) is 6. The highest BCUT2D eigenvalue weighted by Gasteiger charge is 2.27. The summed E-state index contributed by atoms with van der Waals surface area (Å²) < 4.78 is 0. The van der Waals surface area contributed by atoms with E-state index in [2.05, 4.69) is 37.5 Å². The van der Waals surface area contributed by atoms with Gasteiger partial charge in [0, 0.05) is 24.1 Å². The molecular formula is C20H21N5OS. The Labute approximate surface area is 162 Å². The Hall–Kier alpha value is -2.64. The summed E-state index contributed by atoms with van der Waals surface area (Å²) >= 11 is 1.36. The van der Waals surface area contributed by atoms with Crippen molar-refractivity contribution in [2.24, 2.45) is 0 Å². The van der Waals surface area contributed by atoms with Crippen molar-refractivity contribution >= 4 is 22.9 Å². The van der Waals surface area contributed by atoms with Crippen LogP contribution in [0.1, 0.15) is 44.8 Å². The van der Waals surface area contributed by atoms with Crippen LogP contribution in [0.25, 0.3) is 0 Å². The van der Waals surface area contributed by atoms with Crippen LogP contribution < -0.4 is 5.32 Å². The quantitative estimate of drug-likeness (QED) is 0.729. The van der Waals surface area contributed by atoms with Gasteiger partial charge in [0.05, 0.1) is 6.54 Å². The lowest BCUT2D eigenvalue weighted by Gasteiger charge is -2.23. The van der Waals surface area contributed by atoms with Crippen LogP contribution in [-0.4, -0.2) is 32.5 Å². The SMILES string of the molecule is Cc1ccc(NC(=O)c2nnc(CN3CCCC3c3ccncc3)s2)cc1. The summed E-state index contributed by atoms with van der Waals surface area (Å²) in [5.41, 5.74) is 3.20. The van der Waals surface area contributed by atoms with Gasteiger partial charge in [-0.2, -0.15) is 0 Å². The highest BCUT2D eigenvalue weighted by atomic mass is 32.1. The van der Waals surface area contributed by atoms with Gasteiger partial charge in [0.1, 0.15) is 5.01 Å². The molecule has 1 amide bonds. The molecule has 138 valence electrons. The highest BCUT2D eigenvalue weighted by Crippen LogP contribution is 2.33. The van der Waals surface area contributed by atoms with E-state index >= 15 is 0 Å². The second-order valence-corrected chi connectivity index (χ2v) is 7.79. The maximum absolute atomic E-state index is 12.4. The molecular weight excluding hydrogens is 358 g/mol. The zero-order valence-electron chi connectivity index (χ0n) is 15.1. The van der Waals surface area contributed by atoms with Crippen LogP contribution in [0.5, 0.6) is 0 Å². The molecule has 0 aliphatic carbocycles. The Morgan fingerprint density at radius 2 is 1.96 bits per heavy atom. The minimum absolute atomic E-state index is 0.213. The van der Waals surface area contributed by atoms with Crippen LogP contribution in [0.4, 0.5) is 5.69 Å². The molecule has 3 heterocycles. The minimum Gasteiger partial charge on any atom is -0.320 e. The lowest BCUT2D eigenvalue weighted by atomic mass is 10.1. The summed E-state index contributed by atoms with van der Waals surface area (Å²) in [6.45, 7) is 3.75. The van der Waals surface area contributed by atoms with Crippen molar-refractivity contribution < 1.29 is 4.79 Å². The van der Waals surface area contributed by atoms with Crippen LogP contribution in [0.3, 0.4) is 0 Å². The number of anilines is 1. The molecule has 6 nitrogen and oxygen atoms in total. The summed E-state index contributed by atoms with van der Waals surface area (Å²) in [5, 5.41) is 12.5. The molecule has 0 spiro atoms. The average molecular weight is 379 g/mol. The van der Waals surface area contributed by atoms with E-state index in [-0.39, 0.29) is 5.91 Å². The summed E-state index contributed by atoms with van der Waals surface area (Å²) in [6, 6.07) is 12.2. The molecule has 1 N–H and O–H groups in total. The van der Waals surface area contributed by atoms with Gasteiger partial charge in [-0.25, -0.2) is 0 Å². The van der Waals surface area contributed by atoms with Crippen molar-refractivity contribution in [2.75, 3.05) is 11.9 Å². The first kappa shape index (κ1) is 17.8. The number of amides is 1. The standard InChI is InChI=1S/C20H21N5OS/c1-14-4-6-16(7-5-14)22-19(26)20-24-23-18(27-20)13-25-12-2-3-17(25)15-8-10-21-11-9-15/h4-11,17H,2-3,12-13H2,1H3,(H,22,26). The molecule has 1 atom stereocenters. The molecule has 2 aromatic heterocycles. The number of aryl methyl sites for hydroxylation is 1. The van der Waals surface area contributed by atoms with Crippen LogP contribution in [0.15, 0.2) is 48.8 Å². The number of aromatic nitrogens is 3. The molecule has 1 unspecified atom stereocenters. The fourth-order valence-corrected chi connectivity index (χ4v) is 4.14. The van der Waals surface area contributed by atoms with Gasteiger partial charge in [-0.1, -0.05) is 29.0 Å². The first-order chi connectivity index (χ1) is 13.2. The van der Waals surface area contributed by atoms with Crippen LogP contribution >= 0.6 is 11.3 Å². The largest absolute Gasteiger partial charge is 0.320 e. The molecule has 0 saturated carbocycles. The number of nitrogens with zero attached hydrogens (tertiary/aromatic N) is 4. The fraction of sp³-hybridized carbons (Fsp3) is 0.300. The van der Waals surface area contributed by atoms with Gasteiger partial charge in [-0.05, 0) is 56.1 Å². The molecule has 0 radical (unpaired) electrons. The van der Waals surface area contributed by atoms with Crippen molar-refractivity contribution in [1.82, 2.24) is 20.1 Å². The van der Waals surface area contributed by atoms with E-state index in [1.807, 2.05) is 43.6 Å². The van der Waals surface area contributed by atoms with Gasteiger partial charge in [0.2, 0.25) is 5.01 Å². The molecule has 3 aromatic rings. The molecule has 0 bridgehead atoms. The number of benzene rings is 1. The first-order valence-electron chi connectivity index (χ1n) is 9.03. The fourth-order valence-electron chi connectivity index (χ4n) is 3.38. The average Bonchev–Trinajstić information content (AvgIpc) is 3.34. The Bertz CT molecular complexity index is 910. The van der Waals surface area contributed by atoms with Crippen LogP contribution in [0, 0.1) is 6.92 Å². The highest BCUT2D eigenvalue weighted by molar-refractivity contribution is 7.13. The maximum Gasteiger partial charge on any atom is 0.286 e. The van der Waals surface area contributed by atoms with E-state index in [0.29, 0.717) is 17.6 Å². The third kappa shape index (κ3) is 4.20. The number of nitrogens with one attached hydrogen (secondary N) is 1. The Morgan fingerprint density at radius 1 is 1.19 bits per heavy atom. The monoisotopic (exact) mass is 379 g/mol. The van der Waals surface area contributed by atoms with Gasteiger partial charge in [-0.15, -0.1) is 10.2 Å². The van der Waals surface area contributed by atoms with Crippen molar-refractivity contribution in [3.63, 3.8) is 0 Å². The zero-order chi connectivity index (χ0) is 18.6. The molecule has 27 heavy (non-hydrogen) atoms. The van der Waals surface area contributed by atoms with Crippen molar-refractivity contribution in [3.8, 4) is 0 Å². The van der Waals surface area contributed by atoms with Crippen LogP contribution in [0.2, 0.25) is 0 Å². The predicted octanol–water partition coefficient (Wildman–Crippen LogP) is 3.83. The topological polar surface area (TPSA) is 71.0 Å². The summed E-state index contributed by atoms with van der Waals surface area (Å²) in [6.07, 6.45) is 5.96. The molecule has 1 aliphatic heterocycles. The van der Waals surface area contributed by atoms with E-state index in [4.69, 9.17) is 0 Å². The lowest BCUT2D eigenvalue weighted by molar-refractivity contribution is 0.102. The predicted molar refractivity (Wildman–Crippen MR) is 106 cm³/mol. The summed E-state index contributed by atoms with van der Waals surface area (Å²) in [4.78, 5) is 18.9. The van der Waals surface area contributed by atoms with E-state index in [9.17, 15) is 4.79 Å². The summed E-state index contributed by atoms with van der Waals surface area (Å²) in [5.74, 6) is -0.213.